The molecule has 0 bridgehead atoms. The molecule has 1 N–H and O–H groups in total. The summed E-state index contributed by atoms with van der Waals surface area (Å²) >= 11 is 1.64. The molecule has 0 aliphatic rings. The lowest BCUT2D eigenvalue weighted by molar-refractivity contribution is -0.120. The Labute approximate surface area is 171 Å². The van der Waals surface area contributed by atoms with Crippen LogP contribution in [-0.4, -0.2) is 30.1 Å². The van der Waals surface area contributed by atoms with Gasteiger partial charge in [-0.3, -0.25) is 4.79 Å². The maximum absolute atomic E-state index is 12.2. The third-order valence-electron chi connectivity index (χ3n) is 4.57. The Morgan fingerprint density at radius 2 is 1.96 bits per heavy atom. The van der Waals surface area contributed by atoms with E-state index < -0.39 is 0 Å². The van der Waals surface area contributed by atoms with Crippen LogP contribution in [0.4, 0.5) is 0 Å². The average Bonchev–Trinajstić information content (AvgIpc) is 3.00. The topological polar surface area (TPSA) is 51.2 Å². The molecule has 1 aromatic heterocycles. The Morgan fingerprint density at radius 3 is 2.79 bits per heavy atom. The van der Waals surface area contributed by atoms with Crippen molar-refractivity contribution in [1.82, 2.24) is 10.3 Å². The number of hydrogen-bond acceptors (Lipinski definition) is 4. The van der Waals surface area contributed by atoms with Gasteiger partial charge in [0, 0.05) is 24.4 Å². The minimum atomic E-state index is 0.0491. The number of benzene rings is 2. The zero-order valence-corrected chi connectivity index (χ0v) is 17.6. The number of carbonyl (C=O) groups is 1. The number of carbonyl (C=O) groups excluding carboxylic acids is 1. The first-order chi connectivity index (χ1) is 13.5. The van der Waals surface area contributed by atoms with Crippen LogP contribution in [0.1, 0.15) is 41.4 Å². The van der Waals surface area contributed by atoms with Crippen molar-refractivity contribution in [2.45, 2.75) is 46.1 Å². The number of aromatic nitrogens is 1. The Bertz CT molecular complexity index is 928. The molecule has 148 valence electrons. The lowest BCUT2D eigenvalue weighted by Crippen LogP contribution is -2.27. The van der Waals surface area contributed by atoms with E-state index in [9.17, 15) is 4.79 Å². The van der Waals surface area contributed by atoms with Crippen molar-refractivity contribution in [3.63, 3.8) is 0 Å². The van der Waals surface area contributed by atoms with E-state index in [1.165, 1.54) is 16.3 Å². The van der Waals surface area contributed by atoms with E-state index in [0.717, 1.165) is 28.4 Å². The number of ether oxygens (including phenoxy) is 1. The van der Waals surface area contributed by atoms with E-state index >= 15 is 0 Å². The van der Waals surface area contributed by atoms with Crippen molar-refractivity contribution in [2.75, 3.05) is 13.2 Å². The number of nitrogens with one attached hydrogen (secondary N) is 1. The van der Waals surface area contributed by atoms with E-state index in [-0.39, 0.29) is 12.0 Å². The van der Waals surface area contributed by atoms with Gasteiger partial charge in [0.25, 0.3) is 0 Å². The molecule has 0 aliphatic carbocycles. The maximum atomic E-state index is 12.2. The number of fused-ring (bicyclic) bond motifs is 1. The molecule has 5 heteroatoms. The van der Waals surface area contributed by atoms with Gasteiger partial charge in [0.15, 0.2) is 0 Å². The SMILES string of the molecule is Cc1nc(Cc2cccc3ccccc23)sc1CC(=O)NCCCOC(C)C. The van der Waals surface area contributed by atoms with Gasteiger partial charge in [0.05, 0.1) is 23.2 Å². The van der Waals surface area contributed by atoms with E-state index in [1.54, 1.807) is 11.3 Å². The van der Waals surface area contributed by atoms with E-state index in [1.807, 2.05) is 20.8 Å². The molecular weight excluding hydrogens is 368 g/mol. The molecule has 3 rings (SSSR count). The van der Waals surface area contributed by atoms with Gasteiger partial charge in [0.1, 0.15) is 0 Å². The largest absolute Gasteiger partial charge is 0.379 e. The predicted octanol–water partition coefficient (Wildman–Crippen LogP) is 4.67. The highest BCUT2D eigenvalue weighted by atomic mass is 32.1. The summed E-state index contributed by atoms with van der Waals surface area (Å²) < 4.78 is 5.49. The van der Waals surface area contributed by atoms with Crippen LogP contribution in [-0.2, 0) is 22.4 Å². The molecular formula is C23H28N2O2S. The van der Waals surface area contributed by atoms with Crippen molar-refractivity contribution in [3.8, 4) is 0 Å². The van der Waals surface area contributed by atoms with Crippen LogP contribution in [0.2, 0.25) is 0 Å². The highest BCUT2D eigenvalue weighted by Gasteiger charge is 2.13. The van der Waals surface area contributed by atoms with Crippen LogP contribution < -0.4 is 5.32 Å². The molecule has 0 atom stereocenters. The van der Waals surface area contributed by atoms with E-state index in [4.69, 9.17) is 9.72 Å². The van der Waals surface area contributed by atoms with E-state index in [0.29, 0.717) is 19.6 Å². The van der Waals surface area contributed by atoms with Crippen molar-refractivity contribution < 1.29 is 9.53 Å². The highest BCUT2D eigenvalue weighted by molar-refractivity contribution is 7.11. The molecule has 1 heterocycles. The van der Waals surface area contributed by atoms with Crippen molar-refractivity contribution in [3.05, 3.63) is 63.6 Å². The van der Waals surface area contributed by atoms with Crippen LogP contribution in [0.15, 0.2) is 42.5 Å². The Hall–Kier alpha value is -2.24. The lowest BCUT2D eigenvalue weighted by Gasteiger charge is -2.08. The van der Waals surface area contributed by atoms with Crippen molar-refractivity contribution in [1.29, 1.82) is 0 Å². The summed E-state index contributed by atoms with van der Waals surface area (Å²) in [6, 6.07) is 14.8. The first kappa shape index (κ1) is 20.5. The summed E-state index contributed by atoms with van der Waals surface area (Å²) in [5, 5.41) is 6.54. The normalized spacial score (nSPS) is 11.3. The molecule has 3 aromatic rings. The third kappa shape index (κ3) is 5.63. The Balaban J connectivity index is 1.58. The molecule has 0 saturated carbocycles. The number of rotatable bonds is 9. The summed E-state index contributed by atoms with van der Waals surface area (Å²) in [6.07, 6.45) is 2.25. The van der Waals surface area contributed by atoms with Gasteiger partial charge in [-0.25, -0.2) is 4.98 Å². The van der Waals surface area contributed by atoms with Crippen LogP contribution in [0.5, 0.6) is 0 Å². The van der Waals surface area contributed by atoms with Gasteiger partial charge in [-0.05, 0) is 43.5 Å². The monoisotopic (exact) mass is 396 g/mol. The number of aryl methyl sites for hydroxylation is 1. The summed E-state index contributed by atoms with van der Waals surface area (Å²) in [5.74, 6) is 0.0491. The number of amides is 1. The molecule has 28 heavy (non-hydrogen) atoms. The molecule has 0 aliphatic heterocycles. The summed E-state index contributed by atoms with van der Waals surface area (Å²) in [4.78, 5) is 18.0. The first-order valence-electron chi connectivity index (χ1n) is 9.83. The van der Waals surface area contributed by atoms with Crippen LogP contribution in [0, 0.1) is 6.92 Å². The second-order valence-electron chi connectivity index (χ2n) is 7.23. The zero-order valence-electron chi connectivity index (χ0n) is 16.8. The van der Waals surface area contributed by atoms with Gasteiger partial charge in [-0.1, -0.05) is 42.5 Å². The lowest BCUT2D eigenvalue weighted by atomic mass is 10.0. The smallest absolute Gasteiger partial charge is 0.225 e. The quantitative estimate of drug-likeness (QED) is 0.535. The number of hydrogen-bond donors (Lipinski definition) is 1. The Kier molecular flexibility index (Phi) is 7.18. The Morgan fingerprint density at radius 1 is 1.18 bits per heavy atom. The molecule has 0 spiro atoms. The van der Waals surface area contributed by atoms with Crippen LogP contribution in [0.25, 0.3) is 10.8 Å². The van der Waals surface area contributed by atoms with Crippen LogP contribution in [0.3, 0.4) is 0 Å². The molecule has 0 unspecified atom stereocenters. The van der Waals surface area contributed by atoms with Gasteiger partial charge < -0.3 is 10.1 Å². The van der Waals surface area contributed by atoms with Gasteiger partial charge >= 0.3 is 0 Å². The molecule has 1 amide bonds. The fourth-order valence-electron chi connectivity index (χ4n) is 3.16. The maximum Gasteiger partial charge on any atom is 0.225 e. The predicted molar refractivity (Wildman–Crippen MR) is 116 cm³/mol. The number of nitrogens with zero attached hydrogens (tertiary/aromatic N) is 1. The standard InChI is InChI=1S/C23H28N2O2S/c1-16(2)27-13-7-12-24-22(26)15-21-17(3)25-23(28-21)14-19-10-6-9-18-8-4-5-11-20(18)19/h4-6,8-11,16H,7,12-15H2,1-3H3,(H,24,26). The van der Waals surface area contributed by atoms with Crippen molar-refractivity contribution >= 4 is 28.0 Å². The zero-order chi connectivity index (χ0) is 19.9. The summed E-state index contributed by atoms with van der Waals surface area (Å²) in [5.41, 5.74) is 2.23. The van der Waals surface area contributed by atoms with Gasteiger partial charge in [-0.2, -0.15) is 0 Å². The van der Waals surface area contributed by atoms with E-state index in [2.05, 4.69) is 47.8 Å². The highest BCUT2D eigenvalue weighted by Crippen LogP contribution is 2.25. The molecule has 0 radical (unpaired) electrons. The average molecular weight is 397 g/mol. The van der Waals surface area contributed by atoms with Gasteiger partial charge in [0.2, 0.25) is 5.91 Å². The fraction of sp³-hybridized carbons (Fsp3) is 0.391. The molecule has 0 fully saturated rings. The minimum Gasteiger partial charge on any atom is -0.379 e. The molecule has 4 nitrogen and oxygen atoms in total. The van der Waals surface area contributed by atoms with Crippen molar-refractivity contribution in [2.24, 2.45) is 0 Å². The number of thiazole rings is 1. The minimum absolute atomic E-state index is 0.0491. The van der Waals surface area contributed by atoms with Crippen LogP contribution >= 0.6 is 11.3 Å². The summed E-state index contributed by atoms with van der Waals surface area (Å²) in [7, 11) is 0. The van der Waals surface area contributed by atoms with Gasteiger partial charge in [-0.15, -0.1) is 11.3 Å². The summed E-state index contributed by atoms with van der Waals surface area (Å²) in [6.45, 7) is 7.34. The third-order valence-corrected chi connectivity index (χ3v) is 5.73. The molecule has 0 saturated heterocycles. The fourth-order valence-corrected chi connectivity index (χ4v) is 4.26. The molecule has 2 aromatic carbocycles. The first-order valence-corrected chi connectivity index (χ1v) is 10.6. The second kappa shape index (κ2) is 9.80. The second-order valence-corrected chi connectivity index (χ2v) is 8.40.